The lowest BCUT2D eigenvalue weighted by molar-refractivity contribution is -0.140. The normalized spacial score (nSPS) is 11.2. The molecule has 0 radical (unpaired) electrons. The molecule has 0 aliphatic carbocycles. The molecule has 0 unspecified atom stereocenters. The summed E-state index contributed by atoms with van der Waals surface area (Å²) in [6.45, 7) is 0. The van der Waals surface area contributed by atoms with Crippen molar-refractivity contribution in [2.45, 2.75) is 24.2 Å². The van der Waals surface area contributed by atoms with E-state index in [4.69, 9.17) is 4.42 Å². The van der Waals surface area contributed by atoms with E-state index in [9.17, 15) is 13.2 Å². The van der Waals surface area contributed by atoms with Crippen LogP contribution >= 0.6 is 0 Å². The fourth-order valence-corrected chi connectivity index (χ4v) is 3.62. The number of rotatable bonds is 8. The maximum atomic E-state index is 12.7. The fraction of sp³-hybridized carbons (Fsp3) is 0.200. The van der Waals surface area contributed by atoms with Gasteiger partial charge in [-0.15, -0.1) is 0 Å². The van der Waals surface area contributed by atoms with E-state index in [1.54, 1.807) is 30.3 Å². The van der Waals surface area contributed by atoms with Crippen LogP contribution in [-0.2, 0) is 26.0 Å². The van der Waals surface area contributed by atoms with Gasteiger partial charge in [-0.1, -0.05) is 48.5 Å². The van der Waals surface area contributed by atoms with Crippen LogP contribution in [0.1, 0.15) is 18.7 Å². The molecule has 0 saturated carbocycles. The zero-order valence-corrected chi connectivity index (χ0v) is 16.1. The molecule has 3 aromatic rings. The molecule has 2 aromatic carbocycles. The van der Waals surface area contributed by atoms with Crippen LogP contribution in [0.2, 0.25) is 0 Å². The zero-order valence-electron chi connectivity index (χ0n) is 15.3. The number of oxazole rings is 1. The molecule has 0 spiro atoms. The van der Waals surface area contributed by atoms with Gasteiger partial charge in [0.1, 0.15) is 0 Å². The van der Waals surface area contributed by atoms with Crippen LogP contribution in [0.3, 0.4) is 0 Å². The van der Waals surface area contributed by atoms with E-state index in [0.29, 0.717) is 30.1 Å². The third kappa shape index (κ3) is 4.77. The SMILES string of the molecule is COC(=O)CCCc1nc(NS(=O)(=O)c2ccccc2)c(-c2ccccc2)o1. The largest absolute Gasteiger partial charge is 0.469 e. The van der Waals surface area contributed by atoms with Gasteiger partial charge in [-0.05, 0) is 18.6 Å². The molecule has 3 rings (SSSR count). The van der Waals surface area contributed by atoms with Crippen molar-refractivity contribution in [1.82, 2.24) is 4.98 Å². The number of benzene rings is 2. The molecule has 8 heteroatoms. The number of sulfonamides is 1. The Morgan fingerprint density at radius 1 is 1.07 bits per heavy atom. The first-order valence-corrected chi connectivity index (χ1v) is 10.2. The van der Waals surface area contributed by atoms with E-state index in [0.717, 1.165) is 0 Å². The van der Waals surface area contributed by atoms with Crippen molar-refractivity contribution in [2.24, 2.45) is 0 Å². The Morgan fingerprint density at radius 3 is 2.36 bits per heavy atom. The van der Waals surface area contributed by atoms with Gasteiger partial charge < -0.3 is 9.15 Å². The number of aryl methyl sites for hydroxylation is 1. The predicted octanol–water partition coefficient (Wildman–Crippen LogP) is 3.64. The topological polar surface area (TPSA) is 98.5 Å². The quantitative estimate of drug-likeness (QED) is 0.580. The number of hydrogen-bond donors (Lipinski definition) is 1. The maximum absolute atomic E-state index is 12.7. The lowest BCUT2D eigenvalue weighted by atomic mass is 10.2. The Morgan fingerprint density at radius 2 is 1.71 bits per heavy atom. The van der Waals surface area contributed by atoms with E-state index in [2.05, 4.69) is 14.4 Å². The van der Waals surface area contributed by atoms with Crippen LogP contribution in [-0.4, -0.2) is 26.5 Å². The number of ether oxygens (including phenoxy) is 1. The molecule has 146 valence electrons. The minimum absolute atomic E-state index is 0.114. The van der Waals surface area contributed by atoms with Crippen LogP contribution in [0, 0.1) is 0 Å². The Balaban J connectivity index is 1.89. The molecule has 0 saturated heterocycles. The molecule has 0 atom stereocenters. The number of carbonyl (C=O) groups is 1. The van der Waals surface area contributed by atoms with Gasteiger partial charge in [0.15, 0.2) is 17.5 Å². The van der Waals surface area contributed by atoms with Gasteiger partial charge in [-0.25, -0.2) is 8.42 Å². The summed E-state index contributed by atoms with van der Waals surface area (Å²) in [5.41, 5.74) is 0.694. The Kier molecular flexibility index (Phi) is 6.10. The second-order valence-electron chi connectivity index (χ2n) is 6.00. The van der Waals surface area contributed by atoms with Crippen LogP contribution in [0.15, 0.2) is 70.0 Å². The van der Waals surface area contributed by atoms with Gasteiger partial charge in [-0.2, -0.15) is 4.98 Å². The molecule has 1 aromatic heterocycles. The highest BCUT2D eigenvalue weighted by Crippen LogP contribution is 2.31. The highest BCUT2D eigenvalue weighted by atomic mass is 32.2. The summed E-state index contributed by atoms with van der Waals surface area (Å²) in [7, 11) is -2.48. The van der Waals surface area contributed by atoms with E-state index >= 15 is 0 Å². The van der Waals surface area contributed by atoms with Gasteiger partial charge in [-0.3, -0.25) is 9.52 Å². The summed E-state index contributed by atoms with van der Waals surface area (Å²) in [5, 5.41) is 0. The summed E-state index contributed by atoms with van der Waals surface area (Å²) >= 11 is 0. The number of nitrogens with zero attached hydrogens (tertiary/aromatic N) is 1. The van der Waals surface area contributed by atoms with Gasteiger partial charge in [0, 0.05) is 18.4 Å². The van der Waals surface area contributed by atoms with Crippen LogP contribution in [0.5, 0.6) is 0 Å². The molecule has 7 nitrogen and oxygen atoms in total. The second-order valence-corrected chi connectivity index (χ2v) is 7.68. The number of hydrogen-bond acceptors (Lipinski definition) is 6. The zero-order chi connectivity index (χ0) is 20.0. The van der Waals surface area contributed by atoms with Gasteiger partial charge in [0.05, 0.1) is 12.0 Å². The Labute approximate surface area is 163 Å². The van der Waals surface area contributed by atoms with E-state index in [-0.39, 0.29) is 23.1 Å². The molecule has 0 amide bonds. The lowest BCUT2D eigenvalue weighted by Crippen LogP contribution is -2.13. The van der Waals surface area contributed by atoms with Crippen molar-refractivity contribution < 1.29 is 22.4 Å². The third-order valence-corrected chi connectivity index (χ3v) is 5.35. The molecule has 0 bridgehead atoms. The summed E-state index contributed by atoms with van der Waals surface area (Å²) in [5.74, 6) is 0.463. The second kappa shape index (κ2) is 8.71. The van der Waals surface area contributed by atoms with Gasteiger partial charge >= 0.3 is 5.97 Å². The van der Waals surface area contributed by atoms with Crippen molar-refractivity contribution in [1.29, 1.82) is 0 Å². The summed E-state index contributed by atoms with van der Waals surface area (Å²) < 4.78 is 38.3. The van der Waals surface area contributed by atoms with Crippen molar-refractivity contribution in [2.75, 3.05) is 11.8 Å². The first kappa shape index (κ1) is 19.6. The van der Waals surface area contributed by atoms with Gasteiger partial charge in [0.2, 0.25) is 0 Å². The van der Waals surface area contributed by atoms with Crippen molar-refractivity contribution >= 4 is 21.8 Å². The third-order valence-electron chi connectivity index (χ3n) is 3.99. The number of carbonyl (C=O) groups excluding carboxylic acids is 1. The van der Waals surface area contributed by atoms with E-state index in [1.165, 1.54) is 19.2 Å². The highest BCUT2D eigenvalue weighted by molar-refractivity contribution is 7.92. The molecule has 0 fully saturated rings. The monoisotopic (exact) mass is 400 g/mol. The van der Waals surface area contributed by atoms with Crippen LogP contribution in [0.25, 0.3) is 11.3 Å². The number of esters is 1. The number of anilines is 1. The van der Waals surface area contributed by atoms with Crippen LogP contribution < -0.4 is 4.72 Å². The average molecular weight is 400 g/mol. The predicted molar refractivity (Wildman–Crippen MR) is 104 cm³/mol. The van der Waals surface area contributed by atoms with Crippen molar-refractivity contribution in [3.05, 3.63) is 66.6 Å². The number of methoxy groups -OCH3 is 1. The highest BCUT2D eigenvalue weighted by Gasteiger charge is 2.21. The van der Waals surface area contributed by atoms with Crippen molar-refractivity contribution in [3.63, 3.8) is 0 Å². The van der Waals surface area contributed by atoms with Gasteiger partial charge in [0.25, 0.3) is 10.0 Å². The summed E-state index contributed by atoms with van der Waals surface area (Å²) in [6, 6.07) is 17.1. The Bertz CT molecular complexity index is 1030. The molecule has 0 aliphatic heterocycles. The molecule has 1 N–H and O–H groups in total. The standard InChI is InChI=1S/C20H20N2O5S/c1-26-18(23)14-8-13-17-21-20(19(27-17)15-9-4-2-5-10-15)22-28(24,25)16-11-6-3-7-12-16/h2-7,9-12,22H,8,13-14H2,1H3. The summed E-state index contributed by atoms with van der Waals surface area (Å²) in [4.78, 5) is 15.7. The molecule has 0 aliphatic rings. The maximum Gasteiger partial charge on any atom is 0.305 e. The van der Waals surface area contributed by atoms with Crippen molar-refractivity contribution in [3.8, 4) is 11.3 Å². The van der Waals surface area contributed by atoms with E-state index in [1.807, 2.05) is 18.2 Å². The molecule has 28 heavy (non-hydrogen) atoms. The fourth-order valence-electron chi connectivity index (χ4n) is 2.60. The minimum atomic E-state index is -3.82. The molecular weight excluding hydrogens is 380 g/mol. The van der Waals surface area contributed by atoms with Crippen LogP contribution in [0.4, 0.5) is 5.82 Å². The first-order valence-electron chi connectivity index (χ1n) is 8.69. The first-order chi connectivity index (χ1) is 13.5. The Hall–Kier alpha value is -3.13. The minimum Gasteiger partial charge on any atom is -0.469 e. The average Bonchev–Trinajstić information content (AvgIpc) is 3.11. The number of aromatic nitrogens is 1. The summed E-state index contributed by atoms with van der Waals surface area (Å²) in [6.07, 6.45) is 1.08. The lowest BCUT2D eigenvalue weighted by Gasteiger charge is -2.06. The molecular formula is C20H20N2O5S. The van der Waals surface area contributed by atoms with E-state index < -0.39 is 10.0 Å². The molecule has 1 heterocycles. The smallest absolute Gasteiger partial charge is 0.305 e. The number of nitrogens with one attached hydrogen (secondary N) is 1.